The van der Waals surface area contributed by atoms with E-state index in [0.717, 1.165) is 10.0 Å². The number of nitrogens with one attached hydrogen (secondary N) is 2. The summed E-state index contributed by atoms with van der Waals surface area (Å²) in [5.41, 5.74) is 2.10. The predicted octanol–water partition coefficient (Wildman–Crippen LogP) is 4.86. The molecule has 3 aromatic rings. The standard InChI is InChI=1S/C19H15BrCl2N4O2/c1-26(10-17(27)23-18-13(21)3-2-4-14(18)22)19(28)16-9-15(24-25-16)11-5-7-12(20)8-6-11/h2-9H,10H2,1H3,(H,23,27)(H,24,25). The Bertz CT molecular complexity index is 1000. The van der Waals surface area contributed by atoms with Gasteiger partial charge in [-0.25, -0.2) is 0 Å². The second-order valence-corrected chi connectivity index (χ2v) is 7.71. The quantitative estimate of drug-likeness (QED) is 0.546. The number of hydrogen-bond acceptors (Lipinski definition) is 3. The lowest BCUT2D eigenvalue weighted by molar-refractivity contribution is -0.116. The molecular weight excluding hydrogens is 467 g/mol. The van der Waals surface area contributed by atoms with Crippen molar-refractivity contribution in [2.24, 2.45) is 0 Å². The summed E-state index contributed by atoms with van der Waals surface area (Å²) in [5.74, 6) is -0.783. The second-order valence-electron chi connectivity index (χ2n) is 5.98. The van der Waals surface area contributed by atoms with Crippen molar-refractivity contribution in [2.75, 3.05) is 18.9 Å². The first kappa shape index (κ1) is 20.4. The second kappa shape index (κ2) is 8.77. The minimum absolute atomic E-state index is 0.174. The minimum atomic E-state index is -0.418. The van der Waals surface area contributed by atoms with Crippen LogP contribution in [0.1, 0.15) is 10.5 Å². The van der Waals surface area contributed by atoms with E-state index in [-0.39, 0.29) is 18.1 Å². The van der Waals surface area contributed by atoms with Gasteiger partial charge in [0.25, 0.3) is 5.91 Å². The molecule has 144 valence electrons. The number of likely N-dealkylation sites (N-methyl/N-ethyl adjacent to an activating group) is 1. The van der Waals surface area contributed by atoms with E-state index < -0.39 is 5.91 Å². The van der Waals surface area contributed by atoms with E-state index in [1.54, 1.807) is 24.3 Å². The highest BCUT2D eigenvalue weighted by Gasteiger charge is 2.19. The molecule has 0 saturated heterocycles. The van der Waals surface area contributed by atoms with E-state index in [0.29, 0.717) is 21.4 Å². The Hall–Kier alpha value is -2.35. The van der Waals surface area contributed by atoms with Gasteiger partial charge in [-0.05, 0) is 30.3 Å². The Morgan fingerprint density at radius 3 is 2.43 bits per heavy atom. The first-order valence-corrected chi connectivity index (χ1v) is 9.70. The minimum Gasteiger partial charge on any atom is -0.331 e. The van der Waals surface area contributed by atoms with Crippen molar-refractivity contribution in [1.82, 2.24) is 15.1 Å². The summed E-state index contributed by atoms with van der Waals surface area (Å²) in [6, 6.07) is 14.1. The lowest BCUT2D eigenvalue weighted by Gasteiger charge is -2.16. The van der Waals surface area contributed by atoms with Crippen LogP contribution in [-0.4, -0.2) is 40.5 Å². The molecule has 0 radical (unpaired) electrons. The van der Waals surface area contributed by atoms with Crippen LogP contribution in [0.15, 0.2) is 53.0 Å². The van der Waals surface area contributed by atoms with E-state index in [2.05, 4.69) is 31.4 Å². The van der Waals surface area contributed by atoms with Crippen LogP contribution in [0.5, 0.6) is 0 Å². The number of H-pyrrole nitrogens is 1. The zero-order valence-corrected chi connectivity index (χ0v) is 17.8. The lowest BCUT2D eigenvalue weighted by atomic mass is 10.1. The third-order valence-electron chi connectivity index (χ3n) is 3.90. The van der Waals surface area contributed by atoms with E-state index in [1.165, 1.54) is 11.9 Å². The fourth-order valence-electron chi connectivity index (χ4n) is 2.49. The van der Waals surface area contributed by atoms with Crippen molar-refractivity contribution in [1.29, 1.82) is 0 Å². The summed E-state index contributed by atoms with van der Waals surface area (Å²) < 4.78 is 0.951. The van der Waals surface area contributed by atoms with Gasteiger partial charge in [-0.3, -0.25) is 14.7 Å². The fourth-order valence-corrected chi connectivity index (χ4v) is 3.25. The van der Waals surface area contributed by atoms with E-state index in [9.17, 15) is 9.59 Å². The van der Waals surface area contributed by atoms with Gasteiger partial charge in [0.05, 0.1) is 28.0 Å². The molecule has 0 aliphatic heterocycles. The molecule has 28 heavy (non-hydrogen) atoms. The number of carbonyl (C=O) groups excluding carboxylic acids is 2. The van der Waals surface area contributed by atoms with Crippen molar-refractivity contribution >= 4 is 56.6 Å². The molecule has 2 aromatic carbocycles. The van der Waals surface area contributed by atoms with Crippen LogP contribution in [0, 0.1) is 0 Å². The van der Waals surface area contributed by atoms with Crippen LogP contribution in [0.4, 0.5) is 5.69 Å². The van der Waals surface area contributed by atoms with Gasteiger partial charge in [-0.2, -0.15) is 5.10 Å². The third-order valence-corrected chi connectivity index (χ3v) is 5.06. The number of anilines is 1. The van der Waals surface area contributed by atoms with Gasteiger partial charge in [0.2, 0.25) is 5.91 Å². The van der Waals surface area contributed by atoms with Crippen LogP contribution in [0.25, 0.3) is 11.3 Å². The van der Waals surface area contributed by atoms with Crippen molar-refractivity contribution in [3.63, 3.8) is 0 Å². The number of para-hydroxylation sites is 1. The Kier molecular flexibility index (Phi) is 6.39. The Morgan fingerprint density at radius 1 is 1.14 bits per heavy atom. The van der Waals surface area contributed by atoms with Gasteiger partial charge in [-0.15, -0.1) is 0 Å². The molecule has 0 atom stereocenters. The average Bonchev–Trinajstić information content (AvgIpc) is 3.15. The molecule has 1 heterocycles. The molecule has 0 bridgehead atoms. The van der Waals surface area contributed by atoms with Gasteiger partial charge in [0.15, 0.2) is 0 Å². The van der Waals surface area contributed by atoms with Gasteiger partial charge in [-0.1, -0.05) is 57.3 Å². The number of benzene rings is 2. The molecule has 3 rings (SSSR count). The molecule has 9 heteroatoms. The summed E-state index contributed by atoms with van der Waals surface area (Å²) in [6.45, 7) is -0.174. The fraction of sp³-hybridized carbons (Fsp3) is 0.105. The normalized spacial score (nSPS) is 10.6. The molecular formula is C19H15BrCl2N4O2. The molecule has 0 unspecified atom stereocenters. The van der Waals surface area contributed by atoms with Crippen molar-refractivity contribution < 1.29 is 9.59 Å². The van der Waals surface area contributed by atoms with Crippen molar-refractivity contribution in [2.45, 2.75) is 0 Å². The topological polar surface area (TPSA) is 78.1 Å². The van der Waals surface area contributed by atoms with Crippen molar-refractivity contribution in [3.05, 3.63) is 68.7 Å². The van der Waals surface area contributed by atoms with Crippen LogP contribution in [0.3, 0.4) is 0 Å². The van der Waals surface area contributed by atoms with Crippen LogP contribution < -0.4 is 5.32 Å². The Balaban J connectivity index is 1.66. The number of nitrogens with zero attached hydrogens (tertiary/aromatic N) is 2. The maximum absolute atomic E-state index is 12.6. The van der Waals surface area contributed by atoms with Crippen LogP contribution in [-0.2, 0) is 4.79 Å². The Labute approximate surface area is 180 Å². The summed E-state index contributed by atoms with van der Waals surface area (Å²) in [5, 5.41) is 10.1. The molecule has 0 aliphatic carbocycles. The third kappa shape index (κ3) is 4.73. The molecule has 2 amide bonds. The lowest BCUT2D eigenvalue weighted by Crippen LogP contribution is -2.35. The van der Waals surface area contributed by atoms with Crippen LogP contribution in [0.2, 0.25) is 10.0 Å². The van der Waals surface area contributed by atoms with E-state index >= 15 is 0 Å². The first-order chi connectivity index (χ1) is 13.3. The van der Waals surface area contributed by atoms with E-state index in [1.807, 2.05) is 24.3 Å². The Morgan fingerprint density at radius 2 is 1.79 bits per heavy atom. The molecule has 6 nitrogen and oxygen atoms in total. The van der Waals surface area contributed by atoms with Crippen molar-refractivity contribution in [3.8, 4) is 11.3 Å². The zero-order chi connectivity index (χ0) is 20.3. The van der Waals surface area contributed by atoms with Gasteiger partial charge < -0.3 is 10.2 Å². The summed E-state index contributed by atoms with van der Waals surface area (Å²) in [7, 11) is 1.52. The summed E-state index contributed by atoms with van der Waals surface area (Å²) >= 11 is 15.5. The highest BCUT2D eigenvalue weighted by molar-refractivity contribution is 9.10. The highest BCUT2D eigenvalue weighted by Crippen LogP contribution is 2.29. The smallest absolute Gasteiger partial charge is 0.272 e. The monoisotopic (exact) mass is 480 g/mol. The molecule has 0 saturated carbocycles. The summed E-state index contributed by atoms with van der Waals surface area (Å²) in [4.78, 5) is 26.1. The predicted molar refractivity (Wildman–Crippen MR) is 114 cm³/mol. The molecule has 0 spiro atoms. The van der Waals surface area contributed by atoms with Crippen LogP contribution >= 0.6 is 39.1 Å². The summed E-state index contributed by atoms with van der Waals surface area (Å²) in [6.07, 6.45) is 0. The number of aromatic nitrogens is 2. The number of rotatable bonds is 5. The maximum Gasteiger partial charge on any atom is 0.272 e. The number of halogens is 3. The maximum atomic E-state index is 12.6. The molecule has 1 aromatic heterocycles. The van der Waals surface area contributed by atoms with Gasteiger partial charge >= 0.3 is 0 Å². The number of hydrogen-bond donors (Lipinski definition) is 2. The SMILES string of the molecule is CN(CC(=O)Nc1c(Cl)cccc1Cl)C(=O)c1cc(-c2ccc(Br)cc2)n[nH]1. The highest BCUT2D eigenvalue weighted by atomic mass is 79.9. The molecule has 2 N–H and O–H groups in total. The molecule has 0 aliphatic rings. The largest absolute Gasteiger partial charge is 0.331 e. The van der Waals surface area contributed by atoms with Gasteiger partial charge in [0, 0.05) is 17.1 Å². The number of carbonyl (C=O) groups is 2. The molecule has 0 fully saturated rings. The number of aromatic amines is 1. The number of amides is 2. The average molecular weight is 482 g/mol. The van der Waals surface area contributed by atoms with Gasteiger partial charge in [0.1, 0.15) is 5.69 Å². The first-order valence-electron chi connectivity index (χ1n) is 8.16. The zero-order valence-electron chi connectivity index (χ0n) is 14.7. The van der Waals surface area contributed by atoms with E-state index in [4.69, 9.17) is 23.2 Å².